The van der Waals surface area contributed by atoms with Gasteiger partial charge in [-0.15, -0.1) is 11.3 Å². The predicted molar refractivity (Wildman–Crippen MR) is 105 cm³/mol. The highest BCUT2D eigenvalue weighted by molar-refractivity contribution is 7.13. The molecule has 4 aromatic rings. The molecule has 0 radical (unpaired) electrons. The van der Waals surface area contributed by atoms with Crippen LogP contribution < -0.4 is 10.4 Å². The zero-order valence-corrected chi connectivity index (χ0v) is 15.6. The number of rotatable bonds is 5. The number of fused-ring (bicyclic) bond motifs is 1. The van der Waals surface area contributed by atoms with Crippen LogP contribution in [0.15, 0.2) is 63.1 Å². The normalized spacial score (nSPS) is 10.9. The fourth-order valence-electron chi connectivity index (χ4n) is 2.67. The van der Waals surface area contributed by atoms with E-state index in [-0.39, 0.29) is 18.2 Å². The molecule has 28 heavy (non-hydrogen) atoms. The van der Waals surface area contributed by atoms with E-state index in [0.29, 0.717) is 33.0 Å². The Bertz CT molecular complexity index is 1230. The number of thiazole rings is 1. The van der Waals surface area contributed by atoms with Crippen molar-refractivity contribution in [2.24, 2.45) is 0 Å². The van der Waals surface area contributed by atoms with Crippen molar-refractivity contribution in [2.75, 3.05) is 6.61 Å². The average molecular weight is 395 g/mol. The van der Waals surface area contributed by atoms with E-state index in [1.54, 1.807) is 41.8 Å². The average Bonchev–Trinajstić information content (AvgIpc) is 3.16. The van der Waals surface area contributed by atoms with Crippen molar-refractivity contribution >= 4 is 28.1 Å². The molecule has 2 aromatic heterocycles. The highest BCUT2D eigenvalue weighted by atomic mass is 32.1. The van der Waals surface area contributed by atoms with Crippen LogP contribution >= 0.6 is 11.3 Å². The van der Waals surface area contributed by atoms with Crippen molar-refractivity contribution in [2.45, 2.75) is 6.92 Å². The van der Waals surface area contributed by atoms with Crippen LogP contribution in [0.4, 0.5) is 4.39 Å². The molecule has 2 aromatic carbocycles. The van der Waals surface area contributed by atoms with Crippen molar-refractivity contribution < 1.29 is 18.3 Å². The van der Waals surface area contributed by atoms with E-state index in [4.69, 9.17) is 9.15 Å². The van der Waals surface area contributed by atoms with E-state index < -0.39 is 5.63 Å². The molecule has 0 saturated heterocycles. The first-order valence-electron chi connectivity index (χ1n) is 8.41. The fraction of sp³-hybridized carbons (Fsp3) is 0.0952. The van der Waals surface area contributed by atoms with Crippen LogP contribution in [0, 0.1) is 5.82 Å². The Hall–Kier alpha value is -3.32. The van der Waals surface area contributed by atoms with Gasteiger partial charge in [0, 0.05) is 22.4 Å². The van der Waals surface area contributed by atoms with Crippen molar-refractivity contribution in [3.63, 3.8) is 0 Å². The number of hydrogen-bond acceptors (Lipinski definition) is 6. The van der Waals surface area contributed by atoms with Gasteiger partial charge < -0.3 is 9.15 Å². The van der Waals surface area contributed by atoms with Crippen molar-refractivity contribution in [3.8, 4) is 27.6 Å². The number of carbonyl (C=O) groups is 1. The van der Waals surface area contributed by atoms with Crippen molar-refractivity contribution in [3.05, 3.63) is 70.1 Å². The minimum Gasteiger partial charge on any atom is -0.486 e. The molecular formula is C21H14FNO4S. The number of ketones is 1. The Kier molecular flexibility index (Phi) is 4.75. The predicted octanol–water partition coefficient (Wildman–Crippen LogP) is 4.69. The van der Waals surface area contributed by atoms with Crippen LogP contribution in [0.5, 0.6) is 5.75 Å². The lowest BCUT2D eigenvalue weighted by atomic mass is 10.1. The highest BCUT2D eigenvalue weighted by Gasteiger charge is 2.13. The maximum absolute atomic E-state index is 13.1. The minimum atomic E-state index is -0.521. The lowest BCUT2D eigenvalue weighted by molar-refractivity contribution is -0.118. The van der Waals surface area contributed by atoms with Gasteiger partial charge in [0.2, 0.25) is 0 Å². The summed E-state index contributed by atoms with van der Waals surface area (Å²) >= 11 is 1.36. The molecule has 140 valence electrons. The SMILES string of the molecule is CC(=O)COc1ccc2cc(-c3csc(-c4ccc(F)cc4)n3)c(=O)oc2c1. The summed E-state index contributed by atoms with van der Waals surface area (Å²) in [5.41, 5.74) is 1.46. The summed E-state index contributed by atoms with van der Waals surface area (Å²) in [7, 11) is 0. The summed E-state index contributed by atoms with van der Waals surface area (Å²) in [6.45, 7) is 1.39. The topological polar surface area (TPSA) is 69.4 Å². The fourth-order valence-corrected chi connectivity index (χ4v) is 3.49. The quantitative estimate of drug-likeness (QED) is 0.459. The highest BCUT2D eigenvalue weighted by Crippen LogP contribution is 2.29. The molecule has 0 aliphatic heterocycles. The molecule has 0 aliphatic carbocycles. The van der Waals surface area contributed by atoms with E-state index in [0.717, 1.165) is 5.56 Å². The number of benzene rings is 2. The van der Waals surface area contributed by atoms with Gasteiger partial charge in [-0.2, -0.15) is 0 Å². The van der Waals surface area contributed by atoms with E-state index >= 15 is 0 Å². The zero-order valence-electron chi connectivity index (χ0n) is 14.8. The number of Topliss-reactive ketones (excluding diaryl/α,β-unsaturated/α-hetero) is 1. The van der Waals surface area contributed by atoms with Crippen LogP contribution in [0.2, 0.25) is 0 Å². The number of ether oxygens (including phenoxy) is 1. The lowest BCUT2D eigenvalue weighted by Crippen LogP contribution is -2.07. The Morgan fingerprint density at radius 1 is 1.18 bits per heavy atom. The van der Waals surface area contributed by atoms with Crippen LogP contribution in [-0.4, -0.2) is 17.4 Å². The maximum atomic E-state index is 13.1. The van der Waals surface area contributed by atoms with Gasteiger partial charge in [-0.3, -0.25) is 4.79 Å². The standard InChI is InChI=1S/C21H14FNO4S/c1-12(24)10-26-16-7-4-14-8-17(21(25)27-19(14)9-16)18-11-28-20(23-18)13-2-5-15(22)6-3-13/h2-9,11H,10H2,1H3. The summed E-state index contributed by atoms with van der Waals surface area (Å²) < 4.78 is 23.9. The summed E-state index contributed by atoms with van der Waals surface area (Å²) in [5.74, 6) is 0.0330. The second-order valence-corrected chi connectivity index (χ2v) is 7.04. The van der Waals surface area contributed by atoms with Crippen LogP contribution in [-0.2, 0) is 4.79 Å². The van der Waals surface area contributed by atoms with Gasteiger partial charge in [0.05, 0.1) is 11.3 Å². The summed E-state index contributed by atoms with van der Waals surface area (Å²) in [5, 5.41) is 3.16. The van der Waals surface area contributed by atoms with Gasteiger partial charge in [-0.05, 0) is 49.4 Å². The maximum Gasteiger partial charge on any atom is 0.345 e. The number of carbonyl (C=O) groups excluding carboxylic acids is 1. The van der Waals surface area contributed by atoms with E-state index in [9.17, 15) is 14.0 Å². The number of halogens is 1. The Morgan fingerprint density at radius 3 is 2.71 bits per heavy atom. The van der Waals surface area contributed by atoms with E-state index in [2.05, 4.69) is 4.98 Å². The first kappa shape index (κ1) is 18.1. The zero-order chi connectivity index (χ0) is 19.7. The molecule has 0 saturated carbocycles. The minimum absolute atomic E-state index is 0.0428. The molecular weight excluding hydrogens is 381 g/mol. The molecule has 0 spiro atoms. The van der Waals surface area contributed by atoms with E-state index in [1.165, 1.54) is 30.4 Å². The first-order valence-corrected chi connectivity index (χ1v) is 9.29. The third-order valence-electron chi connectivity index (χ3n) is 4.02. The van der Waals surface area contributed by atoms with Crippen molar-refractivity contribution in [1.29, 1.82) is 0 Å². The summed E-state index contributed by atoms with van der Waals surface area (Å²) in [4.78, 5) is 28.0. The van der Waals surface area contributed by atoms with Gasteiger partial charge in [0.25, 0.3) is 0 Å². The Labute approximate surface area is 163 Å². The number of hydrogen-bond donors (Lipinski definition) is 0. The molecule has 4 rings (SSSR count). The molecule has 0 atom stereocenters. The van der Waals surface area contributed by atoms with Gasteiger partial charge in [0.1, 0.15) is 28.8 Å². The van der Waals surface area contributed by atoms with Crippen LogP contribution in [0.25, 0.3) is 32.8 Å². The molecule has 7 heteroatoms. The van der Waals surface area contributed by atoms with Crippen LogP contribution in [0.3, 0.4) is 0 Å². The number of aromatic nitrogens is 1. The van der Waals surface area contributed by atoms with Gasteiger partial charge >= 0.3 is 5.63 Å². The monoisotopic (exact) mass is 395 g/mol. The molecule has 2 heterocycles. The second-order valence-electron chi connectivity index (χ2n) is 6.18. The smallest absolute Gasteiger partial charge is 0.345 e. The third-order valence-corrected chi connectivity index (χ3v) is 4.91. The largest absolute Gasteiger partial charge is 0.486 e. The third kappa shape index (κ3) is 3.70. The first-order chi connectivity index (χ1) is 13.5. The molecule has 0 aliphatic rings. The Balaban J connectivity index is 1.68. The van der Waals surface area contributed by atoms with Gasteiger partial charge in [0.15, 0.2) is 5.78 Å². The molecule has 0 amide bonds. The summed E-state index contributed by atoms with van der Waals surface area (Å²) in [6, 6.07) is 12.8. The molecule has 0 bridgehead atoms. The van der Waals surface area contributed by atoms with Crippen LogP contribution in [0.1, 0.15) is 6.92 Å². The van der Waals surface area contributed by atoms with Crippen molar-refractivity contribution in [1.82, 2.24) is 4.98 Å². The molecule has 0 unspecified atom stereocenters. The molecule has 0 N–H and O–H groups in total. The lowest BCUT2D eigenvalue weighted by Gasteiger charge is -2.05. The molecule has 0 fully saturated rings. The van der Waals surface area contributed by atoms with E-state index in [1.807, 2.05) is 0 Å². The van der Waals surface area contributed by atoms with Gasteiger partial charge in [-0.25, -0.2) is 14.2 Å². The second kappa shape index (κ2) is 7.36. The van der Waals surface area contributed by atoms with Gasteiger partial charge in [-0.1, -0.05) is 0 Å². The Morgan fingerprint density at radius 2 is 1.96 bits per heavy atom. The number of nitrogens with zero attached hydrogens (tertiary/aromatic N) is 1. The molecule has 5 nitrogen and oxygen atoms in total. The summed E-state index contributed by atoms with van der Waals surface area (Å²) in [6.07, 6.45) is 0.